The van der Waals surface area contributed by atoms with E-state index >= 15 is 0 Å². The van der Waals surface area contributed by atoms with Gasteiger partial charge in [-0.1, -0.05) is 6.42 Å². The van der Waals surface area contributed by atoms with Gasteiger partial charge in [-0.15, -0.1) is 0 Å². The number of aryl methyl sites for hydroxylation is 1. The molecule has 1 atom stereocenters. The number of nitrogens with zero attached hydrogens (tertiary/aromatic N) is 2. The van der Waals surface area contributed by atoms with Gasteiger partial charge in [0.15, 0.2) is 0 Å². The Bertz CT molecular complexity index is 224. The minimum atomic E-state index is 0.720. The predicted molar refractivity (Wildman–Crippen MR) is 52.5 cm³/mol. The fourth-order valence-electron chi connectivity index (χ4n) is 1.89. The molecular weight excluding hydrogens is 162 g/mol. The van der Waals surface area contributed by atoms with Crippen LogP contribution < -0.4 is 5.32 Å². The highest BCUT2D eigenvalue weighted by Gasteiger charge is 2.11. The molecule has 1 aliphatic rings. The van der Waals surface area contributed by atoms with E-state index in [0.717, 1.165) is 12.6 Å². The first-order valence-electron chi connectivity index (χ1n) is 5.16. The number of rotatable bonds is 3. The summed E-state index contributed by atoms with van der Waals surface area (Å²) in [5.41, 5.74) is 0. The van der Waals surface area contributed by atoms with E-state index in [4.69, 9.17) is 0 Å². The number of aromatic nitrogens is 2. The van der Waals surface area contributed by atoms with E-state index in [2.05, 4.69) is 10.4 Å². The molecule has 1 aromatic rings. The van der Waals surface area contributed by atoms with Crippen molar-refractivity contribution in [3.05, 3.63) is 18.5 Å². The van der Waals surface area contributed by atoms with Crippen LogP contribution in [0.2, 0.25) is 0 Å². The predicted octanol–water partition coefficient (Wildman–Crippen LogP) is 1.42. The smallest absolute Gasteiger partial charge is 0.0489 e. The molecule has 2 heterocycles. The van der Waals surface area contributed by atoms with E-state index in [1.165, 1.54) is 32.2 Å². The van der Waals surface area contributed by atoms with Crippen LogP contribution in [0, 0.1) is 0 Å². The molecule has 0 unspecified atom stereocenters. The molecule has 0 radical (unpaired) electrons. The minimum absolute atomic E-state index is 0.720. The average Bonchev–Trinajstić information content (AvgIpc) is 2.69. The number of piperidine rings is 1. The molecule has 0 spiro atoms. The van der Waals surface area contributed by atoms with Gasteiger partial charge in [0, 0.05) is 25.0 Å². The third-order valence-electron chi connectivity index (χ3n) is 2.68. The Hall–Kier alpha value is -0.830. The quantitative estimate of drug-likeness (QED) is 0.760. The Balaban J connectivity index is 1.72. The molecule has 3 heteroatoms. The lowest BCUT2D eigenvalue weighted by molar-refractivity contribution is 0.360. The highest BCUT2D eigenvalue weighted by atomic mass is 15.3. The van der Waals surface area contributed by atoms with Crippen LogP contribution in [0.1, 0.15) is 25.7 Å². The van der Waals surface area contributed by atoms with Crippen molar-refractivity contribution in [2.45, 2.75) is 38.3 Å². The third-order valence-corrected chi connectivity index (χ3v) is 2.68. The SMILES string of the molecule is c1cnn(CC[C@H]2CCCCN2)c1. The van der Waals surface area contributed by atoms with Gasteiger partial charge in [0.1, 0.15) is 0 Å². The van der Waals surface area contributed by atoms with Gasteiger partial charge in [-0.2, -0.15) is 5.10 Å². The minimum Gasteiger partial charge on any atom is -0.314 e. The summed E-state index contributed by atoms with van der Waals surface area (Å²) in [6.45, 7) is 2.24. The lowest BCUT2D eigenvalue weighted by atomic mass is 10.0. The van der Waals surface area contributed by atoms with Gasteiger partial charge < -0.3 is 5.32 Å². The lowest BCUT2D eigenvalue weighted by Crippen LogP contribution is -2.34. The molecule has 0 bridgehead atoms. The van der Waals surface area contributed by atoms with E-state index in [1.807, 2.05) is 23.1 Å². The summed E-state index contributed by atoms with van der Waals surface area (Å²) in [4.78, 5) is 0. The van der Waals surface area contributed by atoms with Crippen molar-refractivity contribution >= 4 is 0 Å². The van der Waals surface area contributed by atoms with Crippen molar-refractivity contribution in [1.82, 2.24) is 15.1 Å². The summed E-state index contributed by atoms with van der Waals surface area (Å²) in [5, 5.41) is 7.73. The molecule has 2 rings (SSSR count). The van der Waals surface area contributed by atoms with Crippen LogP contribution in [0.15, 0.2) is 18.5 Å². The first kappa shape index (κ1) is 8.75. The normalized spacial score (nSPS) is 23.2. The Morgan fingerprint density at radius 1 is 1.46 bits per heavy atom. The van der Waals surface area contributed by atoms with Crippen molar-refractivity contribution in [3.63, 3.8) is 0 Å². The second kappa shape index (κ2) is 4.42. The van der Waals surface area contributed by atoms with Crippen LogP contribution in [-0.4, -0.2) is 22.4 Å². The molecular formula is C10H17N3. The molecule has 13 heavy (non-hydrogen) atoms. The zero-order valence-electron chi connectivity index (χ0n) is 7.95. The summed E-state index contributed by atoms with van der Waals surface area (Å²) < 4.78 is 2.01. The van der Waals surface area contributed by atoms with Crippen molar-refractivity contribution < 1.29 is 0 Å². The van der Waals surface area contributed by atoms with Crippen LogP contribution in [0.3, 0.4) is 0 Å². The summed E-state index contributed by atoms with van der Waals surface area (Å²) in [6, 6.07) is 2.70. The molecule has 1 aliphatic heterocycles. The highest BCUT2D eigenvalue weighted by molar-refractivity contribution is 4.79. The van der Waals surface area contributed by atoms with Gasteiger partial charge in [0.2, 0.25) is 0 Å². The molecule has 1 N–H and O–H groups in total. The largest absolute Gasteiger partial charge is 0.314 e. The zero-order valence-corrected chi connectivity index (χ0v) is 7.95. The maximum atomic E-state index is 4.19. The second-order valence-electron chi connectivity index (χ2n) is 3.70. The number of hydrogen-bond acceptors (Lipinski definition) is 2. The molecule has 0 aliphatic carbocycles. The van der Waals surface area contributed by atoms with Crippen molar-refractivity contribution in [2.75, 3.05) is 6.54 Å². The van der Waals surface area contributed by atoms with Gasteiger partial charge in [0.05, 0.1) is 0 Å². The van der Waals surface area contributed by atoms with E-state index in [9.17, 15) is 0 Å². The van der Waals surface area contributed by atoms with Crippen LogP contribution in [0.5, 0.6) is 0 Å². The molecule has 1 saturated heterocycles. The first-order chi connectivity index (χ1) is 6.45. The summed E-state index contributed by atoms with van der Waals surface area (Å²) in [7, 11) is 0. The van der Waals surface area contributed by atoms with Gasteiger partial charge in [-0.3, -0.25) is 4.68 Å². The molecule has 1 aromatic heterocycles. The summed E-state index contributed by atoms with van der Waals surface area (Å²) >= 11 is 0. The van der Waals surface area contributed by atoms with Crippen LogP contribution >= 0.6 is 0 Å². The van der Waals surface area contributed by atoms with Crippen molar-refractivity contribution in [1.29, 1.82) is 0 Å². The maximum Gasteiger partial charge on any atom is 0.0489 e. The van der Waals surface area contributed by atoms with Crippen molar-refractivity contribution in [3.8, 4) is 0 Å². The highest BCUT2D eigenvalue weighted by Crippen LogP contribution is 2.10. The van der Waals surface area contributed by atoms with Gasteiger partial charge >= 0.3 is 0 Å². The Kier molecular flexibility index (Phi) is 2.98. The average molecular weight is 179 g/mol. The fraction of sp³-hybridized carbons (Fsp3) is 0.700. The fourth-order valence-corrected chi connectivity index (χ4v) is 1.89. The maximum absolute atomic E-state index is 4.19. The van der Waals surface area contributed by atoms with E-state index < -0.39 is 0 Å². The second-order valence-corrected chi connectivity index (χ2v) is 3.70. The van der Waals surface area contributed by atoms with Gasteiger partial charge in [-0.05, 0) is 31.9 Å². The zero-order chi connectivity index (χ0) is 8.93. The molecule has 1 fully saturated rings. The number of hydrogen-bond donors (Lipinski definition) is 1. The lowest BCUT2D eigenvalue weighted by Gasteiger charge is -2.23. The van der Waals surface area contributed by atoms with Crippen LogP contribution in [-0.2, 0) is 6.54 Å². The summed E-state index contributed by atoms with van der Waals surface area (Å²) in [5.74, 6) is 0. The standard InChI is InChI=1S/C10H17N3/c1-2-6-11-10(4-1)5-9-13-8-3-7-12-13/h3,7-8,10-11H,1-2,4-6,9H2/t10-/m1/s1. The van der Waals surface area contributed by atoms with Gasteiger partial charge in [0.25, 0.3) is 0 Å². The van der Waals surface area contributed by atoms with Crippen LogP contribution in [0.4, 0.5) is 0 Å². The number of nitrogens with one attached hydrogen (secondary N) is 1. The Labute approximate surface area is 79.1 Å². The molecule has 0 amide bonds. The Morgan fingerprint density at radius 3 is 3.15 bits per heavy atom. The van der Waals surface area contributed by atoms with E-state index in [1.54, 1.807) is 0 Å². The molecule has 0 saturated carbocycles. The van der Waals surface area contributed by atoms with E-state index in [0.29, 0.717) is 0 Å². The van der Waals surface area contributed by atoms with E-state index in [-0.39, 0.29) is 0 Å². The Morgan fingerprint density at radius 2 is 2.46 bits per heavy atom. The van der Waals surface area contributed by atoms with Crippen LogP contribution in [0.25, 0.3) is 0 Å². The molecule has 3 nitrogen and oxygen atoms in total. The van der Waals surface area contributed by atoms with Crippen molar-refractivity contribution in [2.24, 2.45) is 0 Å². The third kappa shape index (κ3) is 2.56. The monoisotopic (exact) mass is 179 g/mol. The molecule has 72 valence electrons. The first-order valence-corrected chi connectivity index (χ1v) is 5.16. The topological polar surface area (TPSA) is 29.9 Å². The van der Waals surface area contributed by atoms with Gasteiger partial charge in [-0.25, -0.2) is 0 Å². The summed E-state index contributed by atoms with van der Waals surface area (Å²) in [6.07, 6.45) is 9.15. The molecule has 0 aromatic carbocycles.